The van der Waals surface area contributed by atoms with Gasteiger partial charge >= 0.3 is 0 Å². The minimum absolute atomic E-state index is 0.692. The summed E-state index contributed by atoms with van der Waals surface area (Å²) in [7, 11) is 0. The Hall–Kier alpha value is -0.0800. The van der Waals surface area contributed by atoms with Crippen molar-refractivity contribution >= 4 is 0 Å². The van der Waals surface area contributed by atoms with Crippen LogP contribution >= 0.6 is 0 Å². The Morgan fingerprint density at radius 3 is 2.41 bits per heavy atom. The van der Waals surface area contributed by atoms with E-state index >= 15 is 0 Å². The molecule has 0 aromatic carbocycles. The standard InChI is InChI=1S/C15H29NO/c1-13-12-17-10-9-15(13)16-11-14-7-5-3-2-4-6-8-14/h13-16H,2-12H2,1H3. The molecule has 1 saturated carbocycles. The Morgan fingerprint density at radius 2 is 1.71 bits per heavy atom. The van der Waals surface area contributed by atoms with Crippen LogP contribution < -0.4 is 5.32 Å². The predicted octanol–water partition coefficient (Wildman–Crippen LogP) is 3.36. The van der Waals surface area contributed by atoms with E-state index in [4.69, 9.17) is 4.74 Å². The molecular formula is C15H29NO. The first-order chi connectivity index (χ1) is 8.36. The Bertz CT molecular complexity index is 199. The van der Waals surface area contributed by atoms with Crippen LogP contribution in [0, 0.1) is 11.8 Å². The van der Waals surface area contributed by atoms with E-state index in [0.29, 0.717) is 12.0 Å². The molecule has 2 rings (SSSR count). The molecular weight excluding hydrogens is 210 g/mol. The minimum atomic E-state index is 0.692. The predicted molar refractivity (Wildman–Crippen MR) is 72.2 cm³/mol. The topological polar surface area (TPSA) is 21.3 Å². The molecule has 2 nitrogen and oxygen atoms in total. The van der Waals surface area contributed by atoms with Crippen molar-refractivity contribution in [1.82, 2.24) is 5.32 Å². The number of hydrogen-bond acceptors (Lipinski definition) is 2. The number of ether oxygens (including phenoxy) is 1. The maximum Gasteiger partial charge on any atom is 0.0506 e. The third-order valence-electron chi connectivity index (χ3n) is 4.53. The van der Waals surface area contributed by atoms with Crippen LogP contribution in [0.1, 0.15) is 58.3 Å². The summed E-state index contributed by atoms with van der Waals surface area (Å²) in [4.78, 5) is 0. The van der Waals surface area contributed by atoms with E-state index in [9.17, 15) is 0 Å². The van der Waals surface area contributed by atoms with Gasteiger partial charge in [-0.2, -0.15) is 0 Å². The van der Waals surface area contributed by atoms with Gasteiger partial charge in [0.2, 0.25) is 0 Å². The van der Waals surface area contributed by atoms with Crippen LogP contribution in [0.3, 0.4) is 0 Å². The first kappa shape index (κ1) is 13.4. The second-order valence-corrected chi connectivity index (χ2v) is 6.07. The van der Waals surface area contributed by atoms with Crippen molar-refractivity contribution in [3.8, 4) is 0 Å². The van der Waals surface area contributed by atoms with Crippen LogP contribution in [-0.2, 0) is 4.74 Å². The molecule has 0 bridgehead atoms. The summed E-state index contributed by atoms with van der Waals surface area (Å²) in [6, 6.07) is 0.703. The average Bonchev–Trinajstić information content (AvgIpc) is 2.29. The number of hydrogen-bond donors (Lipinski definition) is 1. The van der Waals surface area contributed by atoms with Crippen molar-refractivity contribution in [2.45, 2.75) is 64.3 Å². The molecule has 0 radical (unpaired) electrons. The fourth-order valence-corrected chi connectivity index (χ4v) is 3.25. The molecule has 0 aromatic rings. The molecule has 0 amide bonds. The van der Waals surface area contributed by atoms with Crippen molar-refractivity contribution in [2.24, 2.45) is 11.8 Å². The fraction of sp³-hybridized carbons (Fsp3) is 1.00. The van der Waals surface area contributed by atoms with Crippen LogP contribution in [-0.4, -0.2) is 25.8 Å². The fourth-order valence-electron chi connectivity index (χ4n) is 3.25. The van der Waals surface area contributed by atoms with E-state index in [0.717, 1.165) is 19.1 Å². The second kappa shape index (κ2) is 7.38. The first-order valence-corrected chi connectivity index (χ1v) is 7.67. The Labute approximate surface area is 107 Å². The van der Waals surface area contributed by atoms with Gasteiger partial charge in [0, 0.05) is 12.6 Å². The van der Waals surface area contributed by atoms with E-state index in [1.54, 1.807) is 0 Å². The van der Waals surface area contributed by atoms with Crippen LogP contribution in [0.15, 0.2) is 0 Å². The monoisotopic (exact) mass is 239 g/mol. The maximum absolute atomic E-state index is 5.50. The highest BCUT2D eigenvalue weighted by atomic mass is 16.5. The zero-order valence-corrected chi connectivity index (χ0v) is 11.4. The first-order valence-electron chi connectivity index (χ1n) is 7.67. The van der Waals surface area contributed by atoms with E-state index in [2.05, 4.69) is 12.2 Å². The van der Waals surface area contributed by atoms with Crippen LogP contribution in [0.5, 0.6) is 0 Å². The van der Waals surface area contributed by atoms with Crippen LogP contribution in [0.4, 0.5) is 0 Å². The molecule has 2 heteroatoms. The highest BCUT2D eigenvalue weighted by molar-refractivity contribution is 4.78. The number of rotatable bonds is 3. The Balaban J connectivity index is 1.68. The summed E-state index contributed by atoms with van der Waals surface area (Å²) in [6.07, 6.45) is 11.4. The van der Waals surface area contributed by atoms with Gasteiger partial charge in [0.05, 0.1) is 6.61 Å². The summed E-state index contributed by atoms with van der Waals surface area (Å²) in [6.45, 7) is 5.46. The highest BCUT2D eigenvalue weighted by Crippen LogP contribution is 2.22. The molecule has 2 atom stereocenters. The quantitative estimate of drug-likeness (QED) is 0.815. The molecule has 17 heavy (non-hydrogen) atoms. The lowest BCUT2D eigenvalue weighted by Crippen LogP contribution is -2.43. The zero-order valence-electron chi connectivity index (χ0n) is 11.4. The van der Waals surface area contributed by atoms with Gasteiger partial charge in [-0.1, -0.05) is 39.0 Å². The van der Waals surface area contributed by atoms with E-state index in [-0.39, 0.29) is 0 Å². The van der Waals surface area contributed by atoms with E-state index in [1.165, 1.54) is 57.9 Å². The van der Waals surface area contributed by atoms with Gasteiger partial charge in [-0.15, -0.1) is 0 Å². The van der Waals surface area contributed by atoms with Gasteiger partial charge < -0.3 is 10.1 Å². The van der Waals surface area contributed by atoms with Gasteiger partial charge in [0.15, 0.2) is 0 Å². The summed E-state index contributed by atoms with van der Waals surface area (Å²) >= 11 is 0. The molecule has 2 aliphatic rings. The second-order valence-electron chi connectivity index (χ2n) is 6.07. The summed E-state index contributed by atoms with van der Waals surface area (Å²) in [5, 5.41) is 3.81. The SMILES string of the molecule is CC1COCCC1NCC1CCCCCCC1. The summed E-state index contributed by atoms with van der Waals surface area (Å²) in [5.74, 6) is 1.63. The highest BCUT2D eigenvalue weighted by Gasteiger charge is 2.22. The largest absolute Gasteiger partial charge is 0.381 e. The van der Waals surface area contributed by atoms with E-state index < -0.39 is 0 Å². The number of nitrogens with one attached hydrogen (secondary N) is 1. The molecule has 1 aliphatic heterocycles. The lowest BCUT2D eigenvalue weighted by molar-refractivity contribution is 0.0377. The minimum Gasteiger partial charge on any atom is -0.381 e. The Kier molecular flexibility index (Phi) is 5.79. The molecule has 2 fully saturated rings. The molecule has 1 N–H and O–H groups in total. The van der Waals surface area contributed by atoms with Crippen molar-refractivity contribution in [1.29, 1.82) is 0 Å². The van der Waals surface area contributed by atoms with Crippen molar-refractivity contribution in [3.63, 3.8) is 0 Å². The molecule has 0 spiro atoms. The molecule has 2 unspecified atom stereocenters. The lowest BCUT2D eigenvalue weighted by Gasteiger charge is -2.31. The van der Waals surface area contributed by atoms with Crippen LogP contribution in [0.2, 0.25) is 0 Å². The van der Waals surface area contributed by atoms with E-state index in [1.807, 2.05) is 0 Å². The summed E-state index contributed by atoms with van der Waals surface area (Å²) in [5.41, 5.74) is 0. The molecule has 1 aliphatic carbocycles. The van der Waals surface area contributed by atoms with Gasteiger partial charge in [0.1, 0.15) is 0 Å². The third-order valence-corrected chi connectivity index (χ3v) is 4.53. The Morgan fingerprint density at radius 1 is 1.00 bits per heavy atom. The summed E-state index contributed by atoms with van der Waals surface area (Å²) < 4.78 is 5.50. The lowest BCUT2D eigenvalue weighted by atomic mass is 9.90. The van der Waals surface area contributed by atoms with Gasteiger partial charge in [-0.25, -0.2) is 0 Å². The van der Waals surface area contributed by atoms with Crippen LogP contribution in [0.25, 0.3) is 0 Å². The third kappa shape index (κ3) is 4.59. The van der Waals surface area contributed by atoms with Crippen molar-refractivity contribution in [3.05, 3.63) is 0 Å². The smallest absolute Gasteiger partial charge is 0.0506 e. The van der Waals surface area contributed by atoms with Crippen molar-refractivity contribution in [2.75, 3.05) is 19.8 Å². The normalized spacial score (nSPS) is 33.0. The maximum atomic E-state index is 5.50. The molecule has 100 valence electrons. The average molecular weight is 239 g/mol. The van der Waals surface area contributed by atoms with Gasteiger partial charge in [-0.05, 0) is 37.6 Å². The molecule has 1 heterocycles. The zero-order chi connectivity index (χ0) is 11.9. The van der Waals surface area contributed by atoms with Crippen molar-refractivity contribution < 1.29 is 4.74 Å². The van der Waals surface area contributed by atoms with Gasteiger partial charge in [0.25, 0.3) is 0 Å². The molecule has 0 aromatic heterocycles. The van der Waals surface area contributed by atoms with Gasteiger partial charge in [-0.3, -0.25) is 0 Å². The molecule has 1 saturated heterocycles.